The van der Waals surface area contributed by atoms with Crippen LogP contribution < -0.4 is 5.32 Å². The van der Waals surface area contributed by atoms with E-state index < -0.39 is 0 Å². The monoisotopic (exact) mass is 294 g/mol. The molecule has 0 aliphatic heterocycles. The van der Waals surface area contributed by atoms with E-state index in [9.17, 15) is 0 Å². The predicted molar refractivity (Wildman–Crippen MR) is 92.7 cm³/mol. The van der Waals surface area contributed by atoms with Gasteiger partial charge in [0, 0.05) is 18.6 Å². The van der Waals surface area contributed by atoms with Crippen LogP contribution in [0.25, 0.3) is 0 Å². The maximum atomic E-state index is 3.86. The fourth-order valence-corrected chi connectivity index (χ4v) is 4.28. The van der Waals surface area contributed by atoms with Crippen LogP contribution in [0.4, 0.5) is 0 Å². The van der Waals surface area contributed by atoms with E-state index in [1.807, 2.05) is 0 Å². The summed E-state index contributed by atoms with van der Waals surface area (Å²) < 4.78 is 0. The van der Waals surface area contributed by atoms with Crippen LogP contribution in [0, 0.1) is 11.8 Å². The standard InChI is InChI=1S/C19H38N2/c1-4-7-16-8-11-19(20-12-5-2)17(14-16)15-21(13-6-3)18-9-10-18/h16-20H,4-15H2,1-3H3. The lowest BCUT2D eigenvalue weighted by Crippen LogP contribution is -2.46. The van der Waals surface area contributed by atoms with Gasteiger partial charge in [-0.2, -0.15) is 0 Å². The second-order valence-electron chi connectivity index (χ2n) is 7.51. The van der Waals surface area contributed by atoms with Crippen LogP contribution in [0.2, 0.25) is 0 Å². The summed E-state index contributed by atoms with van der Waals surface area (Å²) in [5, 5.41) is 3.86. The molecule has 2 aliphatic carbocycles. The number of hydrogen-bond donors (Lipinski definition) is 1. The van der Waals surface area contributed by atoms with Crippen molar-refractivity contribution in [2.24, 2.45) is 11.8 Å². The Hall–Kier alpha value is -0.0800. The van der Waals surface area contributed by atoms with E-state index >= 15 is 0 Å². The molecule has 3 atom stereocenters. The quantitative estimate of drug-likeness (QED) is 0.640. The maximum Gasteiger partial charge on any atom is 0.0108 e. The molecule has 3 unspecified atom stereocenters. The van der Waals surface area contributed by atoms with Crippen molar-refractivity contribution in [1.82, 2.24) is 10.2 Å². The Morgan fingerprint density at radius 2 is 1.76 bits per heavy atom. The number of hydrogen-bond acceptors (Lipinski definition) is 2. The largest absolute Gasteiger partial charge is 0.314 e. The molecule has 0 heterocycles. The van der Waals surface area contributed by atoms with Gasteiger partial charge < -0.3 is 10.2 Å². The average Bonchev–Trinajstić information content (AvgIpc) is 3.31. The lowest BCUT2D eigenvalue weighted by Gasteiger charge is -2.39. The van der Waals surface area contributed by atoms with E-state index in [0.717, 1.165) is 23.9 Å². The molecule has 2 aliphatic rings. The van der Waals surface area contributed by atoms with Crippen LogP contribution in [0.3, 0.4) is 0 Å². The molecule has 2 rings (SSSR count). The molecule has 2 heteroatoms. The van der Waals surface area contributed by atoms with Gasteiger partial charge in [-0.3, -0.25) is 0 Å². The zero-order chi connectivity index (χ0) is 15.1. The van der Waals surface area contributed by atoms with Gasteiger partial charge in [-0.1, -0.05) is 33.6 Å². The fraction of sp³-hybridized carbons (Fsp3) is 1.00. The summed E-state index contributed by atoms with van der Waals surface area (Å²) in [6, 6.07) is 1.72. The fourth-order valence-electron chi connectivity index (χ4n) is 4.28. The van der Waals surface area contributed by atoms with Crippen LogP contribution in [-0.4, -0.2) is 36.6 Å². The molecule has 2 saturated carbocycles. The Balaban J connectivity index is 1.90. The number of nitrogens with zero attached hydrogens (tertiary/aromatic N) is 1. The lowest BCUT2D eigenvalue weighted by molar-refractivity contribution is 0.131. The third-order valence-electron chi connectivity index (χ3n) is 5.49. The highest BCUT2D eigenvalue weighted by atomic mass is 15.2. The highest BCUT2D eigenvalue weighted by Crippen LogP contribution is 2.35. The van der Waals surface area contributed by atoms with Gasteiger partial charge in [-0.05, 0) is 69.9 Å². The normalized spacial score (nSPS) is 30.0. The third kappa shape index (κ3) is 5.56. The minimum atomic E-state index is 0.788. The Morgan fingerprint density at radius 3 is 2.38 bits per heavy atom. The molecular formula is C19H38N2. The molecular weight excluding hydrogens is 256 g/mol. The van der Waals surface area contributed by atoms with Crippen molar-refractivity contribution in [3.05, 3.63) is 0 Å². The van der Waals surface area contributed by atoms with Crippen LogP contribution in [-0.2, 0) is 0 Å². The maximum absolute atomic E-state index is 3.86. The molecule has 0 aromatic carbocycles. The average molecular weight is 295 g/mol. The van der Waals surface area contributed by atoms with Crippen LogP contribution in [0.15, 0.2) is 0 Å². The molecule has 0 aromatic rings. The van der Waals surface area contributed by atoms with E-state index in [2.05, 4.69) is 31.0 Å². The van der Waals surface area contributed by atoms with Crippen molar-refractivity contribution in [2.45, 2.75) is 90.6 Å². The van der Waals surface area contributed by atoms with E-state index in [1.54, 1.807) is 0 Å². The van der Waals surface area contributed by atoms with Crippen molar-refractivity contribution in [3.63, 3.8) is 0 Å². The zero-order valence-corrected chi connectivity index (χ0v) is 14.7. The van der Waals surface area contributed by atoms with Gasteiger partial charge in [-0.15, -0.1) is 0 Å². The summed E-state index contributed by atoms with van der Waals surface area (Å²) in [5.74, 6) is 1.90. The molecule has 1 N–H and O–H groups in total. The summed E-state index contributed by atoms with van der Waals surface area (Å²) in [5.41, 5.74) is 0. The van der Waals surface area contributed by atoms with Gasteiger partial charge in [0.1, 0.15) is 0 Å². The third-order valence-corrected chi connectivity index (χ3v) is 5.49. The molecule has 0 radical (unpaired) electrons. The van der Waals surface area contributed by atoms with Crippen LogP contribution >= 0.6 is 0 Å². The Labute approximate surface area is 133 Å². The smallest absolute Gasteiger partial charge is 0.0108 e. The topological polar surface area (TPSA) is 15.3 Å². The molecule has 0 saturated heterocycles. The van der Waals surface area contributed by atoms with Gasteiger partial charge in [0.15, 0.2) is 0 Å². The predicted octanol–water partition coefficient (Wildman–Crippen LogP) is 4.45. The van der Waals surface area contributed by atoms with Crippen molar-refractivity contribution in [2.75, 3.05) is 19.6 Å². The zero-order valence-electron chi connectivity index (χ0n) is 14.7. The first-order valence-electron chi connectivity index (χ1n) is 9.75. The van der Waals surface area contributed by atoms with E-state index in [4.69, 9.17) is 0 Å². The van der Waals surface area contributed by atoms with Crippen LogP contribution in [0.1, 0.15) is 78.6 Å². The second kappa shape index (κ2) is 9.15. The van der Waals surface area contributed by atoms with Gasteiger partial charge in [-0.25, -0.2) is 0 Å². The van der Waals surface area contributed by atoms with Gasteiger partial charge in [0.25, 0.3) is 0 Å². The van der Waals surface area contributed by atoms with Crippen molar-refractivity contribution in [3.8, 4) is 0 Å². The summed E-state index contributed by atoms with van der Waals surface area (Å²) in [6.07, 6.45) is 12.7. The highest BCUT2D eigenvalue weighted by Gasteiger charge is 2.35. The summed E-state index contributed by atoms with van der Waals surface area (Å²) in [4.78, 5) is 2.82. The van der Waals surface area contributed by atoms with Gasteiger partial charge in [0.05, 0.1) is 0 Å². The Kier molecular flexibility index (Phi) is 7.53. The second-order valence-corrected chi connectivity index (χ2v) is 7.51. The lowest BCUT2D eigenvalue weighted by atomic mass is 9.76. The number of nitrogens with one attached hydrogen (secondary N) is 1. The minimum absolute atomic E-state index is 0.788. The molecule has 0 spiro atoms. The highest BCUT2D eigenvalue weighted by molar-refractivity contribution is 4.91. The first-order chi connectivity index (χ1) is 10.3. The van der Waals surface area contributed by atoms with Crippen molar-refractivity contribution >= 4 is 0 Å². The summed E-state index contributed by atoms with van der Waals surface area (Å²) >= 11 is 0. The Bertz CT molecular complexity index is 275. The first-order valence-corrected chi connectivity index (χ1v) is 9.75. The Morgan fingerprint density at radius 1 is 0.952 bits per heavy atom. The van der Waals surface area contributed by atoms with E-state index in [1.165, 1.54) is 77.4 Å². The minimum Gasteiger partial charge on any atom is -0.314 e. The SMILES string of the molecule is CCCNC1CCC(CCC)CC1CN(CCC)C1CC1. The molecule has 124 valence electrons. The summed E-state index contributed by atoms with van der Waals surface area (Å²) in [7, 11) is 0. The van der Waals surface area contributed by atoms with Gasteiger partial charge >= 0.3 is 0 Å². The summed E-state index contributed by atoms with van der Waals surface area (Å²) in [6.45, 7) is 10.9. The van der Waals surface area contributed by atoms with Gasteiger partial charge in [0.2, 0.25) is 0 Å². The van der Waals surface area contributed by atoms with E-state index in [0.29, 0.717) is 0 Å². The molecule has 21 heavy (non-hydrogen) atoms. The molecule has 0 amide bonds. The molecule has 2 fully saturated rings. The molecule has 0 bridgehead atoms. The van der Waals surface area contributed by atoms with Crippen molar-refractivity contribution in [1.29, 1.82) is 0 Å². The van der Waals surface area contributed by atoms with Crippen molar-refractivity contribution < 1.29 is 0 Å². The number of rotatable bonds is 10. The molecule has 2 nitrogen and oxygen atoms in total. The first kappa shape index (κ1) is 17.3. The molecule has 0 aromatic heterocycles. The van der Waals surface area contributed by atoms with Crippen LogP contribution in [0.5, 0.6) is 0 Å². The van der Waals surface area contributed by atoms with E-state index in [-0.39, 0.29) is 0 Å².